The monoisotopic (exact) mass is 276 g/mol. The minimum absolute atomic E-state index is 0.839. The number of hydrogen-bond donors (Lipinski definition) is 1. The zero-order valence-electron chi connectivity index (χ0n) is 10.5. The molecule has 0 saturated heterocycles. The van der Waals surface area contributed by atoms with E-state index < -0.39 is 0 Å². The zero-order valence-corrected chi connectivity index (χ0v) is 12.1. The maximum absolute atomic E-state index is 5.87. The Hall–Kier alpha value is -0.130. The summed E-state index contributed by atoms with van der Waals surface area (Å²) in [5, 5.41) is 3.42. The molecule has 1 aromatic rings. The van der Waals surface area contributed by atoms with E-state index in [2.05, 4.69) is 23.3 Å². The van der Waals surface area contributed by atoms with E-state index in [0.29, 0.717) is 0 Å². The number of methoxy groups -OCH3 is 1. The quantitative estimate of drug-likeness (QED) is 0.701. The van der Waals surface area contributed by atoms with E-state index in [-0.39, 0.29) is 0 Å². The molecular weight excluding hydrogens is 256 g/mol. The first-order chi connectivity index (χ1) is 8.22. The topological polar surface area (TPSA) is 24.5 Å². The molecule has 0 unspecified atom stereocenters. The zero-order chi connectivity index (χ0) is 12.5. The molecule has 0 aliphatic rings. The predicted octanol–water partition coefficient (Wildman–Crippen LogP) is 2.46. The first-order valence-corrected chi connectivity index (χ1v) is 7.04. The second-order valence-electron chi connectivity index (χ2n) is 4.03. The fourth-order valence-electron chi connectivity index (χ4n) is 1.52. The molecule has 1 rings (SSSR count). The van der Waals surface area contributed by atoms with E-state index in [0.717, 1.165) is 43.5 Å². The molecule has 17 heavy (non-hydrogen) atoms. The number of ether oxygens (including phenoxy) is 1. The van der Waals surface area contributed by atoms with Crippen LogP contribution in [0.3, 0.4) is 0 Å². The third-order valence-corrected chi connectivity index (χ3v) is 3.72. The van der Waals surface area contributed by atoms with Crippen molar-refractivity contribution < 1.29 is 4.74 Å². The van der Waals surface area contributed by atoms with Crippen molar-refractivity contribution in [2.45, 2.75) is 13.0 Å². The molecule has 98 valence electrons. The molecule has 0 aromatic carbocycles. The van der Waals surface area contributed by atoms with Crippen molar-refractivity contribution in [3.63, 3.8) is 0 Å². The highest BCUT2D eigenvalue weighted by Crippen LogP contribution is 2.20. The van der Waals surface area contributed by atoms with Crippen molar-refractivity contribution >= 4 is 22.9 Å². The first kappa shape index (κ1) is 14.9. The number of nitrogens with zero attached hydrogens (tertiary/aromatic N) is 1. The highest BCUT2D eigenvalue weighted by molar-refractivity contribution is 7.16. The van der Waals surface area contributed by atoms with Crippen molar-refractivity contribution in [3.8, 4) is 0 Å². The SMILES string of the molecule is COCCCN(C)CCNCc1ccc(Cl)s1. The van der Waals surface area contributed by atoms with Gasteiger partial charge in [-0.3, -0.25) is 0 Å². The summed E-state index contributed by atoms with van der Waals surface area (Å²) in [6.45, 7) is 4.89. The van der Waals surface area contributed by atoms with Crippen LogP contribution >= 0.6 is 22.9 Å². The van der Waals surface area contributed by atoms with Gasteiger partial charge < -0.3 is 15.0 Å². The number of halogens is 1. The van der Waals surface area contributed by atoms with Crippen LogP contribution < -0.4 is 5.32 Å². The Morgan fingerprint density at radius 2 is 2.24 bits per heavy atom. The maximum atomic E-state index is 5.87. The third-order valence-electron chi connectivity index (χ3n) is 2.49. The van der Waals surface area contributed by atoms with Gasteiger partial charge in [-0.1, -0.05) is 11.6 Å². The van der Waals surface area contributed by atoms with Gasteiger partial charge in [-0.2, -0.15) is 0 Å². The molecule has 5 heteroatoms. The van der Waals surface area contributed by atoms with E-state index in [1.165, 1.54) is 4.88 Å². The number of hydrogen-bond acceptors (Lipinski definition) is 4. The van der Waals surface area contributed by atoms with Gasteiger partial charge in [0.2, 0.25) is 0 Å². The van der Waals surface area contributed by atoms with Gasteiger partial charge in [0.05, 0.1) is 4.34 Å². The van der Waals surface area contributed by atoms with E-state index >= 15 is 0 Å². The lowest BCUT2D eigenvalue weighted by molar-refractivity contribution is 0.179. The Morgan fingerprint density at radius 3 is 2.88 bits per heavy atom. The molecule has 0 aliphatic carbocycles. The minimum atomic E-state index is 0.839. The van der Waals surface area contributed by atoms with E-state index in [1.807, 2.05) is 6.07 Å². The van der Waals surface area contributed by atoms with Crippen molar-refractivity contribution in [1.29, 1.82) is 0 Å². The molecule has 0 amide bonds. The Morgan fingerprint density at radius 1 is 1.41 bits per heavy atom. The lowest BCUT2D eigenvalue weighted by Crippen LogP contribution is -2.30. The van der Waals surface area contributed by atoms with Crippen molar-refractivity contribution in [2.24, 2.45) is 0 Å². The molecule has 0 atom stereocenters. The molecule has 0 spiro atoms. The van der Waals surface area contributed by atoms with Gasteiger partial charge in [0, 0.05) is 44.8 Å². The normalized spacial score (nSPS) is 11.3. The van der Waals surface area contributed by atoms with Crippen molar-refractivity contribution in [1.82, 2.24) is 10.2 Å². The van der Waals surface area contributed by atoms with Gasteiger partial charge in [-0.05, 0) is 25.6 Å². The summed E-state index contributed by atoms with van der Waals surface area (Å²) >= 11 is 7.50. The molecule has 1 aromatic heterocycles. The van der Waals surface area contributed by atoms with Crippen molar-refractivity contribution in [2.75, 3.05) is 40.4 Å². The second-order valence-corrected chi connectivity index (χ2v) is 5.83. The lowest BCUT2D eigenvalue weighted by atomic mass is 10.4. The standard InChI is InChI=1S/C12H21ClN2OS/c1-15(7-3-9-16-2)8-6-14-10-11-4-5-12(13)17-11/h4-5,14H,3,6-10H2,1-2H3. The molecule has 0 saturated carbocycles. The summed E-state index contributed by atoms with van der Waals surface area (Å²) in [4.78, 5) is 3.60. The molecule has 1 N–H and O–H groups in total. The lowest BCUT2D eigenvalue weighted by Gasteiger charge is -2.16. The summed E-state index contributed by atoms with van der Waals surface area (Å²) in [6, 6.07) is 4.02. The second kappa shape index (κ2) is 8.89. The minimum Gasteiger partial charge on any atom is -0.385 e. The third kappa shape index (κ3) is 7.01. The average molecular weight is 277 g/mol. The van der Waals surface area contributed by atoms with Crippen LogP contribution in [0.25, 0.3) is 0 Å². The number of thiophene rings is 1. The maximum Gasteiger partial charge on any atom is 0.0931 e. The number of nitrogens with one attached hydrogen (secondary N) is 1. The molecule has 0 fully saturated rings. The highest BCUT2D eigenvalue weighted by atomic mass is 35.5. The molecule has 1 heterocycles. The van der Waals surface area contributed by atoms with Crippen LogP contribution in [-0.4, -0.2) is 45.3 Å². The largest absolute Gasteiger partial charge is 0.385 e. The summed E-state index contributed by atoms with van der Waals surface area (Å²) in [5.74, 6) is 0. The number of rotatable bonds is 9. The van der Waals surface area contributed by atoms with Crippen LogP contribution in [0, 0.1) is 0 Å². The van der Waals surface area contributed by atoms with Gasteiger partial charge >= 0.3 is 0 Å². The fourth-order valence-corrected chi connectivity index (χ4v) is 2.58. The Bertz CT molecular complexity index is 306. The van der Waals surface area contributed by atoms with E-state index in [4.69, 9.17) is 16.3 Å². The molecular formula is C12H21ClN2OS. The first-order valence-electron chi connectivity index (χ1n) is 5.85. The van der Waals surface area contributed by atoms with Gasteiger partial charge in [-0.15, -0.1) is 11.3 Å². The van der Waals surface area contributed by atoms with Gasteiger partial charge in [0.15, 0.2) is 0 Å². The van der Waals surface area contributed by atoms with Crippen LogP contribution in [0.2, 0.25) is 4.34 Å². The van der Waals surface area contributed by atoms with E-state index in [1.54, 1.807) is 18.4 Å². The van der Waals surface area contributed by atoms with Gasteiger partial charge in [0.25, 0.3) is 0 Å². The average Bonchev–Trinajstić information content (AvgIpc) is 2.71. The Kier molecular flexibility index (Phi) is 7.81. The summed E-state index contributed by atoms with van der Waals surface area (Å²) in [7, 11) is 3.88. The van der Waals surface area contributed by atoms with Gasteiger partial charge in [0.1, 0.15) is 0 Å². The van der Waals surface area contributed by atoms with Crippen LogP contribution in [0.1, 0.15) is 11.3 Å². The van der Waals surface area contributed by atoms with Crippen LogP contribution in [0.15, 0.2) is 12.1 Å². The number of likely N-dealkylation sites (N-methyl/N-ethyl adjacent to an activating group) is 1. The fraction of sp³-hybridized carbons (Fsp3) is 0.667. The Labute approximate surface area is 113 Å². The Balaban J connectivity index is 2.00. The van der Waals surface area contributed by atoms with Crippen LogP contribution in [0.4, 0.5) is 0 Å². The van der Waals surface area contributed by atoms with Crippen LogP contribution in [0.5, 0.6) is 0 Å². The summed E-state index contributed by atoms with van der Waals surface area (Å²) in [6.07, 6.45) is 1.09. The van der Waals surface area contributed by atoms with Crippen LogP contribution in [-0.2, 0) is 11.3 Å². The highest BCUT2D eigenvalue weighted by Gasteiger charge is 1.99. The summed E-state index contributed by atoms with van der Waals surface area (Å²) < 4.78 is 5.88. The predicted molar refractivity (Wildman–Crippen MR) is 75.0 cm³/mol. The smallest absolute Gasteiger partial charge is 0.0931 e. The van der Waals surface area contributed by atoms with Gasteiger partial charge in [-0.25, -0.2) is 0 Å². The molecule has 0 radical (unpaired) electrons. The molecule has 0 bridgehead atoms. The molecule has 0 aliphatic heterocycles. The van der Waals surface area contributed by atoms with E-state index in [9.17, 15) is 0 Å². The molecule has 3 nitrogen and oxygen atoms in total. The van der Waals surface area contributed by atoms with Crippen molar-refractivity contribution in [3.05, 3.63) is 21.3 Å². The summed E-state index contributed by atoms with van der Waals surface area (Å²) in [5.41, 5.74) is 0.